The molecule has 1 rings (SSSR count). The van der Waals surface area contributed by atoms with E-state index in [0.29, 0.717) is 32.0 Å². The van der Waals surface area contributed by atoms with Crippen LogP contribution in [0.4, 0.5) is 0 Å². The Morgan fingerprint density at radius 2 is 2.13 bits per heavy atom. The maximum absolute atomic E-state index is 12.1. The normalized spacial score (nSPS) is 19.8. The zero-order chi connectivity index (χ0) is 11.1. The van der Waals surface area contributed by atoms with Gasteiger partial charge < -0.3 is 10.5 Å². The van der Waals surface area contributed by atoms with Gasteiger partial charge in [-0.3, -0.25) is 4.79 Å². The van der Waals surface area contributed by atoms with Crippen molar-refractivity contribution in [3.05, 3.63) is 12.7 Å². The Balaban J connectivity index is 2.48. The number of hydrogen-bond donors (Lipinski definition) is 1. The van der Waals surface area contributed by atoms with Crippen LogP contribution in [0.1, 0.15) is 32.1 Å². The molecular weight excluding hydrogens is 190 g/mol. The van der Waals surface area contributed by atoms with Gasteiger partial charge >= 0.3 is 0 Å². The first kappa shape index (κ1) is 12.4. The van der Waals surface area contributed by atoms with Crippen molar-refractivity contribution in [2.24, 2.45) is 11.1 Å². The third-order valence-electron chi connectivity index (χ3n) is 3.24. The number of ketones is 1. The van der Waals surface area contributed by atoms with Gasteiger partial charge in [0.1, 0.15) is 5.78 Å². The standard InChI is InChI=1S/C12H21NO2/c1-2-3-4-5-11(14)12(10-13)6-8-15-9-7-12/h2H,1,3-10,13H2. The Hall–Kier alpha value is -0.670. The highest BCUT2D eigenvalue weighted by Gasteiger charge is 2.37. The van der Waals surface area contributed by atoms with Crippen LogP contribution in [0.2, 0.25) is 0 Å². The fourth-order valence-electron chi connectivity index (χ4n) is 2.03. The number of hydrogen-bond acceptors (Lipinski definition) is 3. The third kappa shape index (κ3) is 3.14. The summed E-state index contributed by atoms with van der Waals surface area (Å²) in [6.07, 6.45) is 5.86. The minimum absolute atomic E-state index is 0.292. The van der Waals surface area contributed by atoms with Crippen LogP contribution in [0, 0.1) is 5.41 Å². The highest BCUT2D eigenvalue weighted by Crippen LogP contribution is 2.32. The number of rotatable bonds is 6. The van der Waals surface area contributed by atoms with Crippen LogP contribution >= 0.6 is 0 Å². The monoisotopic (exact) mass is 211 g/mol. The average molecular weight is 211 g/mol. The number of carbonyl (C=O) groups excluding carboxylic acids is 1. The van der Waals surface area contributed by atoms with Crippen LogP contribution in [0.5, 0.6) is 0 Å². The lowest BCUT2D eigenvalue weighted by atomic mass is 9.75. The van der Waals surface area contributed by atoms with Crippen LogP contribution in [-0.4, -0.2) is 25.5 Å². The Labute approximate surface area is 91.7 Å². The minimum Gasteiger partial charge on any atom is -0.381 e. The summed E-state index contributed by atoms with van der Waals surface area (Å²) in [4.78, 5) is 12.1. The first-order valence-corrected chi connectivity index (χ1v) is 5.67. The van der Waals surface area contributed by atoms with E-state index in [-0.39, 0.29) is 5.41 Å². The predicted octanol–water partition coefficient (Wildman–Crippen LogP) is 1.67. The molecule has 0 aromatic rings. The van der Waals surface area contributed by atoms with Gasteiger partial charge in [-0.15, -0.1) is 6.58 Å². The van der Waals surface area contributed by atoms with Gasteiger partial charge in [-0.1, -0.05) is 6.08 Å². The highest BCUT2D eigenvalue weighted by atomic mass is 16.5. The van der Waals surface area contributed by atoms with Gasteiger partial charge in [0.25, 0.3) is 0 Å². The predicted molar refractivity (Wildman–Crippen MR) is 60.6 cm³/mol. The molecule has 2 N–H and O–H groups in total. The van der Waals surface area contributed by atoms with Crippen LogP contribution in [0.15, 0.2) is 12.7 Å². The molecule has 0 unspecified atom stereocenters. The minimum atomic E-state index is -0.292. The summed E-state index contributed by atoms with van der Waals surface area (Å²) in [7, 11) is 0. The molecular formula is C12H21NO2. The number of unbranched alkanes of at least 4 members (excludes halogenated alkanes) is 1. The van der Waals surface area contributed by atoms with Gasteiger partial charge in [0, 0.05) is 31.6 Å². The molecule has 0 atom stereocenters. The van der Waals surface area contributed by atoms with E-state index in [1.165, 1.54) is 0 Å². The maximum Gasteiger partial charge on any atom is 0.140 e. The molecule has 15 heavy (non-hydrogen) atoms. The lowest BCUT2D eigenvalue weighted by Crippen LogP contribution is -2.43. The van der Waals surface area contributed by atoms with E-state index >= 15 is 0 Å². The molecule has 0 aliphatic carbocycles. The van der Waals surface area contributed by atoms with Crippen LogP contribution < -0.4 is 5.73 Å². The fraction of sp³-hybridized carbons (Fsp3) is 0.750. The van der Waals surface area contributed by atoms with Gasteiger partial charge in [-0.2, -0.15) is 0 Å². The number of Topliss-reactive ketones (excluding diaryl/α,β-unsaturated/α-hetero) is 1. The topological polar surface area (TPSA) is 52.3 Å². The summed E-state index contributed by atoms with van der Waals surface area (Å²) in [6, 6.07) is 0. The van der Waals surface area contributed by atoms with E-state index in [1.807, 2.05) is 6.08 Å². The van der Waals surface area contributed by atoms with E-state index in [2.05, 4.69) is 6.58 Å². The Morgan fingerprint density at radius 3 is 2.67 bits per heavy atom. The van der Waals surface area contributed by atoms with Gasteiger partial charge in [0.2, 0.25) is 0 Å². The number of allylic oxidation sites excluding steroid dienone is 1. The van der Waals surface area contributed by atoms with Crippen molar-refractivity contribution in [2.45, 2.75) is 32.1 Å². The van der Waals surface area contributed by atoms with Crippen molar-refractivity contribution in [1.82, 2.24) is 0 Å². The SMILES string of the molecule is C=CCCCC(=O)C1(CN)CCOCC1. The molecule has 3 heteroatoms. The van der Waals surface area contributed by atoms with Crippen LogP contribution in [0.3, 0.4) is 0 Å². The summed E-state index contributed by atoms with van der Waals surface area (Å²) in [6.45, 7) is 5.46. The molecule has 0 spiro atoms. The zero-order valence-corrected chi connectivity index (χ0v) is 9.34. The Morgan fingerprint density at radius 1 is 1.47 bits per heavy atom. The number of carbonyl (C=O) groups is 1. The number of ether oxygens (including phenoxy) is 1. The Bertz CT molecular complexity index is 220. The third-order valence-corrected chi connectivity index (χ3v) is 3.24. The molecule has 0 amide bonds. The molecule has 1 aliphatic heterocycles. The molecule has 0 radical (unpaired) electrons. The van der Waals surface area contributed by atoms with E-state index in [0.717, 1.165) is 25.7 Å². The molecule has 1 fully saturated rings. The average Bonchev–Trinajstić information content (AvgIpc) is 2.30. The fourth-order valence-corrected chi connectivity index (χ4v) is 2.03. The molecule has 0 aromatic heterocycles. The summed E-state index contributed by atoms with van der Waals surface area (Å²) >= 11 is 0. The van der Waals surface area contributed by atoms with Crippen molar-refractivity contribution >= 4 is 5.78 Å². The van der Waals surface area contributed by atoms with E-state index < -0.39 is 0 Å². The molecule has 0 saturated carbocycles. The van der Waals surface area contributed by atoms with Crippen molar-refractivity contribution in [1.29, 1.82) is 0 Å². The second kappa shape index (κ2) is 6.03. The maximum atomic E-state index is 12.1. The summed E-state index contributed by atoms with van der Waals surface area (Å²) in [5, 5.41) is 0. The summed E-state index contributed by atoms with van der Waals surface area (Å²) in [5.41, 5.74) is 5.45. The number of nitrogens with two attached hydrogens (primary N) is 1. The lowest BCUT2D eigenvalue weighted by molar-refractivity contribution is -0.133. The highest BCUT2D eigenvalue weighted by molar-refractivity contribution is 5.85. The van der Waals surface area contributed by atoms with Crippen molar-refractivity contribution in [3.63, 3.8) is 0 Å². The van der Waals surface area contributed by atoms with E-state index in [4.69, 9.17) is 10.5 Å². The molecule has 0 aromatic carbocycles. The van der Waals surface area contributed by atoms with Crippen molar-refractivity contribution in [3.8, 4) is 0 Å². The van der Waals surface area contributed by atoms with E-state index in [9.17, 15) is 4.79 Å². The Kier molecular flexibility index (Phi) is 4.99. The molecule has 1 saturated heterocycles. The van der Waals surface area contributed by atoms with Crippen molar-refractivity contribution in [2.75, 3.05) is 19.8 Å². The smallest absolute Gasteiger partial charge is 0.140 e. The zero-order valence-electron chi connectivity index (χ0n) is 9.34. The molecule has 1 heterocycles. The summed E-state index contributed by atoms with van der Waals surface area (Å²) in [5.74, 6) is 0.315. The van der Waals surface area contributed by atoms with Gasteiger partial charge in [0.15, 0.2) is 0 Å². The van der Waals surface area contributed by atoms with E-state index in [1.54, 1.807) is 0 Å². The summed E-state index contributed by atoms with van der Waals surface area (Å²) < 4.78 is 5.28. The van der Waals surface area contributed by atoms with Gasteiger partial charge in [-0.25, -0.2) is 0 Å². The largest absolute Gasteiger partial charge is 0.381 e. The first-order chi connectivity index (χ1) is 7.25. The first-order valence-electron chi connectivity index (χ1n) is 5.67. The molecule has 86 valence electrons. The van der Waals surface area contributed by atoms with Gasteiger partial charge in [-0.05, 0) is 25.7 Å². The second-order valence-corrected chi connectivity index (χ2v) is 4.20. The van der Waals surface area contributed by atoms with Crippen molar-refractivity contribution < 1.29 is 9.53 Å². The van der Waals surface area contributed by atoms with Gasteiger partial charge in [0.05, 0.1) is 0 Å². The molecule has 3 nitrogen and oxygen atoms in total. The second-order valence-electron chi connectivity index (χ2n) is 4.20. The molecule has 1 aliphatic rings. The van der Waals surface area contributed by atoms with Crippen LogP contribution in [0.25, 0.3) is 0 Å². The van der Waals surface area contributed by atoms with Crippen LogP contribution in [-0.2, 0) is 9.53 Å². The quantitative estimate of drug-likeness (QED) is 0.537. The lowest BCUT2D eigenvalue weighted by Gasteiger charge is -2.34. The molecule has 0 bridgehead atoms.